The maximum absolute atomic E-state index is 12.2. The van der Waals surface area contributed by atoms with Gasteiger partial charge in [-0.25, -0.2) is 0 Å². The smallest absolute Gasteiger partial charge is 0.241 e. The van der Waals surface area contributed by atoms with Gasteiger partial charge in [0, 0.05) is 24.8 Å². The molecule has 0 atom stereocenters. The van der Waals surface area contributed by atoms with Crippen molar-refractivity contribution in [2.75, 3.05) is 31.5 Å². The van der Waals surface area contributed by atoms with E-state index in [9.17, 15) is 4.79 Å². The molecule has 0 unspecified atom stereocenters. The van der Waals surface area contributed by atoms with Crippen LogP contribution in [0.25, 0.3) is 0 Å². The zero-order chi connectivity index (χ0) is 14.5. The molecular formula is C17H25N3O. The fraction of sp³-hybridized carbons (Fsp3) is 0.588. The minimum absolute atomic E-state index is 0.208. The molecule has 4 heteroatoms. The molecule has 2 fully saturated rings. The number of para-hydroxylation sites is 1. The lowest BCUT2D eigenvalue weighted by Gasteiger charge is -2.32. The second-order valence-electron chi connectivity index (χ2n) is 6.23. The Morgan fingerprint density at radius 3 is 2.48 bits per heavy atom. The van der Waals surface area contributed by atoms with Gasteiger partial charge in [0.05, 0.1) is 6.54 Å². The van der Waals surface area contributed by atoms with E-state index >= 15 is 0 Å². The monoisotopic (exact) mass is 287 g/mol. The molecule has 0 spiro atoms. The second kappa shape index (κ2) is 6.94. The van der Waals surface area contributed by atoms with Crippen molar-refractivity contribution in [2.45, 2.75) is 31.7 Å². The maximum Gasteiger partial charge on any atom is 0.241 e. The number of rotatable bonds is 6. The molecule has 4 nitrogen and oxygen atoms in total. The van der Waals surface area contributed by atoms with E-state index in [1.807, 2.05) is 35.2 Å². The van der Waals surface area contributed by atoms with Crippen LogP contribution in [0.3, 0.4) is 0 Å². The van der Waals surface area contributed by atoms with Gasteiger partial charge in [0.25, 0.3) is 0 Å². The zero-order valence-corrected chi connectivity index (χ0v) is 12.6. The summed E-state index contributed by atoms with van der Waals surface area (Å²) in [6, 6.07) is 10.5. The molecule has 0 bridgehead atoms. The Labute approximate surface area is 126 Å². The van der Waals surface area contributed by atoms with Crippen LogP contribution in [0.15, 0.2) is 30.3 Å². The Morgan fingerprint density at radius 1 is 1.10 bits per heavy atom. The summed E-state index contributed by atoms with van der Waals surface area (Å²) in [5.41, 5.74) is 1.01. The summed E-state index contributed by atoms with van der Waals surface area (Å²) in [5, 5.41) is 6.84. The van der Waals surface area contributed by atoms with Crippen LogP contribution in [-0.4, -0.2) is 43.0 Å². The Kier molecular flexibility index (Phi) is 4.76. The van der Waals surface area contributed by atoms with Crippen LogP contribution in [0.4, 0.5) is 5.69 Å². The lowest BCUT2D eigenvalue weighted by atomic mass is 10.0. The van der Waals surface area contributed by atoms with Crippen molar-refractivity contribution in [3.8, 4) is 0 Å². The third kappa shape index (κ3) is 4.46. The molecule has 1 aliphatic heterocycles. The van der Waals surface area contributed by atoms with Gasteiger partial charge in [0.15, 0.2) is 0 Å². The molecule has 114 valence electrons. The first kappa shape index (κ1) is 14.4. The lowest BCUT2D eigenvalue weighted by Crippen LogP contribution is -2.46. The Hall–Kier alpha value is -1.55. The van der Waals surface area contributed by atoms with Gasteiger partial charge in [0.1, 0.15) is 0 Å². The summed E-state index contributed by atoms with van der Waals surface area (Å²) in [4.78, 5) is 14.2. The van der Waals surface area contributed by atoms with Crippen molar-refractivity contribution in [1.29, 1.82) is 0 Å². The van der Waals surface area contributed by atoms with Gasteiger partial charge in [-0.15, -0.1) is 0 Å². The second-order valence-corrected chi connectivity index (χ2v) is 6.23. The summed E-state index contributed by atoms with van der Waals surface area (Å²) in [6.45, 7) is 3.34. The number of carbonyl (C=O) groups excluding carboxylic acids is 1. The molecule has 1 aromatic rings. The SMILES string of the molecule is O=C(CNc1ccccc1)N1CCC(NCC2CC2)CC1. The third-order valence-electron chi connectivity index (χ3n) is 4.46. The number of carbonyl (C=O) groups is 1. The summed E-state index contributed by atoms with van der Waals surface area (Å²) >= 11 is 0. The van der Waals surface area contributed by atoms with Gasteiger partial charge in [-0.1, -0.05) is 18.2 Å². The number of hydrogen-bond donors (Lipinski definition) is 2. The van der Waals surface area contributed by atoms with Crippen molar-refractivity contribution < 1.29 is 4.79 Å². The highest BCUT2D eigenvalue weighted by atomic mass is 16.2. The molecule has 1 aromatic carbocycles. The summed E-state index contributed by atoms with van der Waals surface area (Å²) < 4.78 is 0. The number of nitrogens with zero attached hydrogens (tertiary/aromatic N) is 1. The molecule has 1 amide bonds. The largest absolute Gasteiger partial charge is 0.376 e. The van der Waals surface area contributed by atoms with Gasteiger partial charge >= 0.3 is 0 Å². The van der Waals surface area contributed by atoms with E-state index in [4.69, 9.17) is 0 Å². The van der Waals surface area contributed by atoms with Crippen molar-refractivity contribution in [1.82, 2.24) is 10.2 Å². The predicted molar refractivity (Wildman–Crippen MR) is 85.3 cm³/mol. The molecule has 2 N–H and O–H groups in total. The van der Waals surface area contributed by atoms with Crippen LogP contribution in [0, 0.1) is 5.92 Å². The zero-order valence-electron chi connectivity index (χ0n) is 12.6. The van der Waals surface area contributed by atoms with E-state index in [2.05, 4.69) is 10.6 Å². The van der Waals surface area contributed by atoms with Crippen molar-refractivity contribution >= 4 is 11.6 Å². The van der Waals surface area contributed by atoms with Crippen molar-refractivity contribution in [3.05, 3.63) is 30.3 Å². The number of likely N-dealkylation sites (tertiary alicyclic amines) is 1. The number of benzene rings is 1. The van der Waals surface area contributed by atoms with Crippen LogP contribution in [0.5, 0.6) is 0 Å². The maximum atomic E-state index is 12.2. The van der Waals surface area contributed by atoms with Crippen LogP contribution >= 0.6 is 0 Å². The molecular weight excluding hydrogens is 262 g/mol. The minimum Gasteiger partial charge on any atom is -0.376 e. The highest BCUT2D eigenvalue weighted by Gasteiger charge is 2.25. The summed E-state index contributed by atoms with van der Waals surface area (Å²) in [6.07, 6.45) is 4.97. The Morgan fingerprint density at radius 2 is 1.81 bits per heavy atom. The van der Waals surface area contributed by atoms with E-state index in [1.165, 1.54) is 19.4 Å². The molecule has 1 aliphatic carbocycles. The fourth-order valence-corrected chi connectivity index (χ4v) is 2.83. The quantitative estimate of drug-likeness (QED) is 0.842. The first-order valence-corrected chi connectivity index (χ1v) is 8.11. The molecule has 0 aromatic heterocycles. The first-order valence-electron chi connectivity index (χ1n) is 8.11. The van der Waals surface area contributed by atoms with Crippen molar-refractivity contribution in [3.63, 3.8) is 0 Å². The third-order valence-corrected chi connectivity index (χ3v) is 4.46. The van der Waals surface area contributed by atoms with E-state index in [1.54, 1.807) is 0 Å². The van der Waals surface area contributed by atoms with Crippen LogP contribution in [0.1, 0.15) is 25.7 Å². The van der Waals surface area contributed by atoms with Gasteiger partial charge in [-0.3, -0.25) is 4.79 Å². The normalized spacial score (nSPS) is 19.5. The van der Waals surface area contributed by atoms with Gasteiger partial charge in [0.2, 0.25) is 5.91 Å². The summed E-state index contributed by atoms with van der Waals surface area (Å²) in [7, 11) is 0. The Balaban J connectivity index is 1.36. The molecule has 1 heterocycles. The highest BCUT2D eigenvalue weighted by Crippen LogP contribution is 2.28. The Bertz CT molecular complexity index is 450. The van der Waals surface area contributed by atoms with E-state index in [-0.39, 0.29) is 5.91 Å². The van der Waals surface area contributed by atoms with Crippen LogP contribution in [-0.2, 0) is 4.79 Å². The number of piperidine rings is 1. The topological polar surface area (TPSA) is 44.4 Å². The van der Waals surface area contributed by atoms with Crippen molar-refractivity contribution in [2.24, 2.45) is 5.92 Å². The molecule has 1 saturated carbocycles. The molecule has 3 rings (SSSR count). The first-order chi connectivity index (χ1) is 10.3. The number of amides is 1. The average Bonchev–Trinajstić information content (AvgIpc) is 3.36. The average molecular weight is 287 g/mol. The predicted octanol–water partition coefficient (Wildman–Crippen LogP) is 2.09. The lowest BCUT2D eigenvalue weighted by molar-refractivity contribution is -0.130. The molecule has 2 aliphatic rings. The highest BCUT2D eigenvalue weighted by molar-refractivity contribution is 5.80. The van der Waals surface area contributed by atoms with Crippen LogP contribution < -0.4 is 10.6 Å². The van der Waals surface area contributed by atoms with Gasteiger partial charge in [-0.2, -0.15) is 0 Å². The van der Waals surface area contributed by atoms with E-state index in [0.717, 1.165) is 37.5 Å². The molecule has 0 radical (unpaired) electrons. The molecule has 1 saturated heterocycles. The number of anilines is 1. The minimum atomic E-state index is 0.208. The van der Waals surface area contributed by atoms with E-state index < -0.39 is 0 Å². The number of hydrogen-bond acceptors (Lipinski definition) is 3. The van der Waals surface area contributed by atoms with Crippen LogP contribution in [0.2, 0.25) is 0 Å². The number of nitrogens with one attached hydrogen (secondary N) is 2. The van der Waals surface area contributed by atoms with Gasteiger partial charge < -0.3 is 15.5 Å². The standard InChI is InChI=1S/C17H25N3O/c21-17(13-19-15-4-2-1-3-5-15)20-10-8-16(9-11-20)18-12-14-6-7-14/h1-5,14,16,18-19H,6-13H2. The molecule has 21 heavy (non-hydrogen) atoms. The van der Waals surface area contributed by atoms with E-state index in [0.29, 0.717) is 12.6 Å². The summed E-state index contributed by atoms with van der Waals surface area (Å²) in [5.74, 6) is 1.14. The fourth-order valence-electron chi connectivity index (χ4n) is 2.83. The van der Waals surface area contributed by atoms with Gasteiger partial charge in [-0.05, 0) is 50.3 Å².